The Balaban J connectivity index is 1.59. The van der Waals surface area contributed by atoms with Crippen molar-refractivity contribution >= 4 is 5.91 Å². The molecule has 122 valence electrons. The first-order chi connectivity index (χ1) is 11.1. The van der Waals surface area contributed by atoms with E-state index in [0.717, 1.165) is 38.1 Å². The number of carbonyl (C=O) groups is 1. The lowest BCUT2D eigenvalue weighted by Crippen LogP contribution is -2.29. The Morgan fingerprint density at radius 2 is 2.09 bits per heavy atom. The topological polar surface area (TPSA) is 71.8 Å². The fraction of sp³-hybridized carbons (Fsp3) is 0.400. The Morgan fingerprint density at radius 3 is 2.83 bits per heavy atom. The van der Waals surface area contributed by atoms with Crippen molar-refractivity contribution in [3.8, 4) is 0 Å². The summed E-state index contributed by atoms with van der Waals surface area (Å²) in [5, 5.41) is 13.8. The standard InChI is InChI=1S/C15H17F2N5O/c16-12-2-1-10(7-13(12)17)8-19-15(23)14-9-22(21-20-14)11-3-5-18-6-4-11/h1-2,7,9,11,18H,3-6,8H2,(H,19,23). The average molecular weight is 321 g/mol. The highest BCUT2D eigenvalue weighted by Gasteiger charge is 2.18. The summed E-state index contributed by atoms with van der Waals surface area (Å²) in [5.74, 6) is -2.24. The molecule has 1 aliphatic rings. The van der Waals surface area contributed by atoms with Gasteiger partial charge in [0.05, 0.1) is 12.2 Å². The van der Waals surface area contributed by atoms with E-state index in [1.807, 2.05) is 0 Å². The minimum atomic E-state index is -0.936. The molecule has 1 saturated heterocycles. The summed E-state index contributed by atoms with van der Waals surface area (Å²) >= 11 is 0. The first kappa shape index (κ1) is 15.5. The van der Waals surface area contributed by atoms with Crippen LogP contribution in [0.15, 0.2) is 24.4 Å². The Labute approximate surface area is 131 Å². The van der Waals surface area contributed by atoms with Gasteiger partial charge in [-0.2, -0.15) is 0 Å². The zero-order valence-corrected chi connectivity index (χ0v) is 12.4. The van der Waals surface area contributed by atoms with Crippen LogP contribution in [0.3, 0.4) is 0 Å². The molecule has 0 saturated carbocycles. The van der Waals surface area contributed by atoms with Crippen molar-refractivity contribution in [1.29, 1.82) is 0 Å². The lowest BCUT2D eigenvalue weighted by atomic mass is 10.1. The van der Waals surface area contributed by atoms with Gasteiger partial charge in [0.1, 0.15) is 0 Å². The van der Waals surface area contributed by atoms with Crippen LogP contribution < -0.4 is 10.6 Å². The predicted molar refractivity (Wildman–Crippen MR) is 78.7 cm³/mol. The van der Waals surface area contributed by atoms with Gasteiger partial charge >= 0.3 is 0 Å². The van der Waals surface area contributed by atoms with E-state index in [1.54, 1.807) is 10.9 Å². The first-order valence-corrected chi connectivity index (χ1v) is 7.48. The molecule has 1 aliphatic heterocycles. The van der Waals surface area contributed by atoms with Gasteiger partial charge in [-0.3, -0.25) is 4.79 Å². The second-order valence-corrected chi connectivity index (χ2v) is 5.50. The molecule has 1 aromatic heterocycles. The van der Waals surface area contributed by atoms with Crippen LogP contribution >= 0.6 is 0 Å². The van der Waals surface area contributed by atoms with Crippen molar-refractivity contribution in [2.24, 2.45) is 0 Å². The Bertz CT molecular complexity index is 697. The molecule has 0 bridgehead atoms. The smallest absolute Gasteiger partial charge is 0.273 e. The van der Waals surface area contributed by atoms with Gasteiger partial charge in [-0.25, -0.2) is 13.5 Å². The van der Waals surface area contributed by atoms with Crippen LogP contribution in [0.4, 0.5) is 8.78 Å². The van der Waals surface area contributed by atoms with Crippen molar-refractivity contribution in [2.75, 3.05) is 13.1 Å². The van der Waals surface area contributed by atoms with E-state index in [1.165, 1.54) is 6.07 Å². The molecule has 2 N–H and O–H groups in total. The van der Waals surface area contributed by atoms with E-state index >= 15 is 0 Å². The highest BCUT2D eigenvalue weighted by atomic mass is 19.2. The molecule has 6 nitrogen and oxygen atoms in total. The number of hydrogen-bond donors (Lipinski definition) is 2. The molecule has 2 heterocycles. The lowest BCUT2D eigenvalue weighted by Gasteiger charge is -2.22. The summed E-state index contributed by atoms with van der Waals surface area (Å²) in [6, 6.07) is 3.76. The number of nitrogens with one attached hydrogen (secondary N) is 2. The fourth-order valence-corrected chi connectivity index (χ4v) is 2.55. The fourth-order valence-electron chi connectivity index (χ4n) is 2.55. The van der Waals surface area contributed by atoms with Crippen LogP contribution in [0.5, 0.6) is 0 Å². The number of benzene rings is 1. The van der Waals surface area contributed by atoms with Gasteiger partial charge in [0.25, 0.3) is 5.91 Å². The number of nitrogens with zero attached hydrogens (tertiary/aromatic N) is 3. The van der Waals surface area contributed by atoms with E-state index < -0.39 is 17.5 Å². The van der Waals surface area contributed by atoms with Gasteiger partial charge < -0.3 is 10.6 Å². The number of amides is 1. The second-order valence-electron chi connectivity index (χ2n) is 5.50. The molecule has 1 aromatic carbocycles. The molecule has 1 amide bonds. The second kappa shape index (κ2) is 6.82. The van der Waals surface area contributed by atoms with Gasteiger partial charge in [0.2, 0.25) is 0 Å². The van der Waals surface area contributed by atoms with Gasteiger partial charge in [0, 0.05) is 6.54 Å². The predicted octanol–water partition coefficient (Wildman–Crippen LogP) is 1.41. The third kappa shape index (κ3) is 3.70. The van der Waals surface area contributed by atoms with Crippen LogP contribution in [-0.2, 0) is 6.54 Å². The zero-order valence-electron chi connectivity index (χ0n) is 12.4. The summed E-state index contributed by atoms with van der Waals surface area (Å²) < 4.78 is 27.7. The summed E-state index contributed by atoms with van der Waals surface area (Å²) in [4.78, 5) is 12.1. The van der Waals surface area contributed by atoms with E-state index in [0.29, 0.717) is 5.56 Å². The van der Waals surface area contributed by atoms with E-state index in [9.17, 15) is 13.6 Å². The van der Waals surface area contributed by atoms with Gasteiger partial charge in [0.15, 0.2) is 17.3 Å². The summed E-state index contributed by atoms with van der Waals surface area (Å²) in [5.41, 5.74) is 0.689. The maximum atomic E-state index is 13.1. The van der Waals surface area contributed by atoms with E-state index in [4.69, 9.17) is 0 Å². The number of carbonyl (C=O) groups excluding carboxylic acids is 1. The average Bonchev–Trinajstić information content (AvgIpc) is 3.06. The number of halogens is 2. The molecule has 1 fully saturated rings. The number of rotatable bonds is 4. The van der Waals surface area contributed by atoms with Crippen LogP contribution in [0.1, 0.15) is 34.9 Å². The van der Waals surface area contributed by atoms with Crippen molar-refractivity contribution < 1.29 is 13.6 Å². The lowest BCUT2D eigenvalue weighted by molar-refractivity contribution is 0.0945. The van der Waals surface area contributed by atoms with Crippen LogP contribution in [0.2, 0.25) is 0 Å². The van der Waals surface area contributed by atoms with E-state index in [2.05, 4.69) is 20.9 Å². The van der Waals surface area contributed by atoms with Gasteiger partial charge in [-0.1, -0.05) is 11.3 Å². The Hall–Kier alpha value is -2.35. The molecule has 0 spiro atoms. The normalized spacial score (nSPS) is 15.6. The highest BCUT2D eigenvalue weighted by Crippen LogP contribution is 2.17. The SMILES string of the molecule is O=C(NCc1ccc(F)c(F)c1)c1cn(C2CCNCC2)nn1. The van der Waals surface area contributed by atoms with Gasteiger partial charge in [-0.15, -0.1) is 5.10 Å². The van der Waals surface area contributed by atoms with Crippen molar-refractivity contribution in [3.05, 3.63) is 47.3 Å². The molecule has 3 rings (SSSR count). The molecular weight excluding hydrogens is 304 g/mol. The monoisotopic (exact) mass is 321 g/mol. The molecule has 23 heavy (non-hydrogen) atoms. The molecule has 0 aliphatic carbocycles. The molecule has 2 aromatic rings. The molecule has 0 unspecified atom stereocenters. The minimum absolute atomic E-state index is 0.0935. The summed E-state index contributed by atoms with van der Waals surface area (Å²) in [7, 11) is 0. The third-order valence-electron chi connectivity index (χ3n) is 3.86. The maximum absolute atomic E-state index is 13.1. The van der Waals surface area contributed by atoms with Crippen molar-refractivity contribution in [1.82, 2.24) is 25.6 Å². The van der Waals surface area contributed by atoms with Crippen LogP contribution in [0.25, 0.3) is 0 Å². The Kier molecular flexibility index (Phi) is 4.61. The molecule has 0 atom stereocenters. The third-order valence-corrected chi connectivity index (χ3v) is 3.86. The number of aromatic nitrogens is 3. The molecule has 0 radical (unpaired) electrons. The first-order valence-electron chi connectivity index (χ1n) is 7.48. The summed E-state index contributed by atoms with van der Waals surface area (Å²) in [6.45, 7) is 1.93. The molecule has 8 heteroatoms. The zero-order chi connectivity index (χ0) is 16.2. The van der Waals surface area contributed by atoms with E-state index in [-0.39, 0.29) is 18.3 Å². The minimum Gasteiger partial charge on any atom is -0.347 e. The van der Waals surface area contributed by atoms with Gasteiger partial charge in [-0.05, 0) is 43.6 Å². The summed E-state index contributed by atoms with van der Waals surface area (Å²) in [6.07, 6.45) is 3.51. The van der Waals surface area contributed by atoms with Crippen molar-refractivity contribution in [2.45, 2.75) is 25.4 Å². The number of piperidine rings is 1. The highest BCUT2D eigenvalue weighted by molar-refractivity contribution is 5.91. The quantitative estimate of drug-likeness (QED) is 0.893. The van der Waals surface area contributed by atoms with Crippen LogP contribution in [0, 0.1) is 11.6 Å². The maximum Gasteiger partial charge on any atom is 0.273 e. The molecular formula is C15H17F2N5O. The number of hydrogen-bond acceptors (Lipinski definition) is 4. The van der Waals surface area contributed by atoms with Crippen molar-refractivity contribution in [3.63, 3.8) is 0 Å². The van der Waals surface area contributed by atoms with Crippen LogP contribution in [-0.4, -0.2) is 34.0 Å². The largest absolute Gasteiger partial charge is 0.347 e. The Morgan fingerprint density at radius 1 is 1.30 bits per heavy atom.